The van der Waals surface area contributed by atoms with Gasteiger partial charge in [-0.25, -0.2) is 0 Å². The van der Waals surface area contributed by atoms with Gasteiger partial charge in [0.05, 0.1) is 6.54 Å². The van der Waals surface area contributed by atoms with Crippen molar-refractivity contribution < 1.29 is 4.79 Å². The Labute approximate surface area is 93.2 Å². The molecule has 0 aromatic heterocycles. The van der Waals surface area contributed by atoms with E-state index in [1.165, 1.54) is 38.5 Å². The Morgan fingerprint density at radius 1 is 1.33 bits per heavy atom. The molecule has 0 saturated heterocycles. The number of nitrogens with one attached hydrogen (secondary N) is 1. The van der Waals surface area contributed by atoms with Crippen molar-refractivity contribution in [1.29, 1.82) is 0 Å². The van der Waals surface area contributed by atoms with Gasteiger partial charge in [0.15, 0.2) is 0 Å². The predicted octanol–water partition coefficient (Wildman–Crippen LogP) is 1.63. The van der Waals surface area contributed by atoms with E-state index in [-0.39, 0.29) is 5.91 Å². The van der Waals surface area contributed by atoms with E-state index in [1.807, 2.05) is 0 Å². The van der Waals surface area contributed by atoms with Crippen molar-refractivity contribution in [2.45, 2.75) is 38.5 Å². The Morgan fingerprint density at radius 2 is 2.00 bits per heavy atom. The van der Waals surface area contributed by atoms with Gasteiger partial charge in [0, 0.05) is 14.1 Å². The Hall–Kier alpha value is -0.570. The first kappa shape index (κ1) is 12.5. The molecule has 15 heavy (non-hydrogen) atoms. The number of rotatable bonds is 6. The summed E-state index contributed by atoms with van der Waals surface area (Å²) in [6.45, 7) is 1.47. The minimum Gasteiger partial charge on any atom is -0.348 e. The van der Waals surface area contributed by atoms with Gasteiger partial charge in [-0.1, -0.05) is 25.7 Å². The number of hydrogen-bond acceptors (Lipinski definition) is 2. The highest BCUT2D eigenvalue weighted by molar-refractivity contribution is 5.77. The zero-order valence-corrected chi connectivity index (χ0v) is 10.1. The number of likely N-dealkylation sites (N-methyl/N-ethyl adjacent to an activating group) is 1. The van der Waals surface area contributed by atoms with Crippen molar-refractivity contribution in [2.75, 3.05) is 27.2 Å². The first-order chi connectivity index (χ1) is 7.20. The zero-order chi connectivity index (χ0) is 11.1. The van der Waals surface area contributed by atoms with E-state index in [2.05, 4.69) is 5.32 Å². The summed E-state index contributed by atoms with van der Waals surface area (Å²) in [5.74, 6) is 1.13. The highest BCUT2D eigenvalue weighted by atomic mass is 16.2. The number of carbonyl (C=O) groups excluding carboxylic acids is 1. The lowest BCUT2D eigenvalue weighted by Gasteiger charge is -2.12. The lowest BCUT2D eigenvalue weighted by molar-refractivity contribution is -0.127. The highest BCUT2D eigenvalue weighted by Crippen LogP contribution is 2.28. The monoisotopic (exact) mass is 212 g/mol. The Kier molecular flexibility index (Phi) is 5.69. The molecule has 0 radical (unpaired) electrons. The molecule has 1 saturated carbocycles. The van der Waals surface area contributed by atoms with Gasteiger partial charge in [-0.2, -0.15) is 0 Å². The molecule has 0 aliphatic heterocycles. The maximum atomic E-state index is 11.2. The van der Waals surface area contributed by atoms with E-state index in [4.69, 9.17) is 0 Å². The second-order valence-electron chi connectivity index (χ2n) is 4.76. The number of amides is 1. The molecule has 0 bridgehead atoms. The van der Waals surface area contributed by atoms with Crippen LogP contribution >= 0.6 is 0 Å². The van der Waals surface area contributed by atoms with Gasteiger partial charge in [0.1, 0.15) is 0 Å². The third-order valence-electron chi connectivity index (χ3n) is 3.22. The van der Waals surface area contributed by atoms with Crippen molar-refractivity contribution in [1.82, 2.24) is 10.2 Å². The predicted molar refractivity (Wildman–Crippen MR) is 62.8 cm³/mol. The molecule has 0 spiro atoms. The summed E-state index contributed by atoms with van der Waals surface area (Å²) in [6.07, 6.45) is 8.26. The van der Waals surface area contributed by atoms with Crippen molar-refractivity contribution in [3.05, 3.63) is 0 Å². The van der Waals surface area contributed by atoms with E-state index in [0.717, 1.165) is 12.5 Å². The summed E-state index contributed by atoms with van der Waals surface area (Å²) in [5, 5.41) is 3.20. The summed E-state index contributed by atoms with van der Waals surface area (Å²) in [4.78, 5) is 12.9. The molecular weight excluding hydrogens is 188 g/mol. The summed E-state index contributed by atoms with van der Waals surface area (Å²) < 4.78 is 0. The smallest absolute Gasteiger partial charge is 0.236 e. The fourth-order valence-corrected chi connectivity index (χ4v) is 2.17. The molecule has 1 aliphatic carbocycles. The Morgan fingerprint density at radius 3 is 2.60 bits per heavy atom. The van der Waals surface area contributed by atoms with Gasteiger partial charge in [-0.15, -0.1) is 0 Å². The molecule has 88 valence electrons. The molecular formula is C12H24N2O. The minimum atomic E-state index is 0.163. The number of nitrogens with zero attached hydrogens (tertiary/aromatic N) is 1. The van der Waals surface area contributed by atoms with Crippen LogP contribution in [0.5, 0.6) is 0 Å². The van der Waals surface area contributed by atoms with Crippen LogP contribution in [0.15, 0.2) is 0 Å². The molecule has 0 aromatic rings. The summed E-state index contributed by atoms with van der Waals surface area (Å²) in [5.41, 5.74) is 0. The summed E-state index contributed by atoms with van der Waals surface area (Å²) >= 11 is 0. The average Bonchev–Trinajstić information content (AvgIpc) is 2.69. The van der Waals surface area contributed by atoms with Gasteiger partial charge in [0.2, 0.25) is 5.91 Å². The van der Waals surface area contributed by atoms with Crippen LogP contribution in [0, 0.1) is 5.92 Å². The lowest BCUT2D eigenvalue weighted by atomic mass is 10.0. The van der Waals surface area contributed by atoms with E-state index >= 15 is 0 Å². The van der Waals surface area contributed by atoms with E-state index in [9.17, 15) is 4.79 Å². The Balaban J connectivity index is 1.90. The van der Waals surface area contributed by atoms with Gasteiger partial charge >= 0.3 is 0 Å². The summed E-state index contributed by atoms with van der Waals surface area (Å²) in [7, 11) is 3.59. The molecule has 0 aromatic carbocycles. The Bertz CT molecular complexity index is 186. The van der Waals surface area contributed by atoms with Gasteiger partial charge in [-0.05, 0) is 25.3 Å². The molecule has 1 aliphatic rings. The van der Waals surface area contributed by atoms with Crippen molar-refractivity contribution in [3.63, 3.8) is 0 Å². The molecule has 1 amide bonds. The quantitative estimate of drug-likeness (QED) is 0.679. The molecule has 3 heteroatoms. The van der Waals surface area contributed by atoms with Gasteiger partial charge < -0.3 is 10.2 Å². The highest BCUT2D eigenvalue weighted by Gasteiger charge is 2.13. The second kappa shape index (κ2) is 6.83. The van der Waals surface area contributed by atoms with Crippen LogP contribution in [-0.2, 0) is 4.79 Å². The van der Waals surface area contributed by atoms with Crippen LogP contribution < -0.4 is 5.32 Å². The zero-order valence-electron chi connectivity index (χ0n) is 10.1. The molecule has 0 atom stereocenters. The topological polar surface area (TPSA) is 32.3 Å². The minimum absolute atomic E-state index is 0.163. The van der Waals surface area contributed by atoms with Crippen molar-refractivity contribution in [2.24, 2.45) is 5.92 Å². The van der Waals surface area contributed by atoms with Crippen molar-refractivity contribution in [3.8, 4) is 0 Å². The molecule has 0 unspecified atom stereocenters. The fraction of sp³-hybridized carbons (Fsp3) is 0.917. The van der Waals surface area contributed by atoms with Crippen LogP contribution in [-0.4, -0.2) is 38.0 Å². The number of hydrogen-bond donors (Lipinski definition) is 1. The van der Waals surface area contributed by atoms with Crippen LogP contribution in [0.1, 0.15) is 38.5 Å². The standard InChI is InChI=1S/C12H24N2O/c1-14(2)12(15)10-13-9-5-8-11-6-3-4-7-11/h11,13H,3-10H2,1-2H3. The lowest BCUT2D eigenvalue weighted by Crippen LogP contribution is -2.33. The van der Waals surface area contributed by atoms with Gasteiger partial charge in [0.25, 0.3) is 0 Å². The van der Waals surface area contributed by atoms with Crippen molar-refractivity contribution >= 4 is 5.91 Å². The van der Waals surface area contributed by atoms with Crippen LogP contribution in [0.25, 0.3) is 0 Å². The van der Waals surface area contributed by atoms with Crippen LogP contribution in [0.3, 0.4) is 0 Å². The summed E-state index contributed by atoms with van der Waals surface area (Å²) in [6, 6.07) is 0. The molecule has 1 N–H and O–H groups in total. The van der Waals surface area contributed by atoms with E-state index in [1.54, 1.807) is 19.0 Å². The normalized spacial score (nSPS) is 16.9. The molecule has 1 rings (SSSR count). The SMILES string of the molecule is CN(C)C(=O)CNCCCC1CCCC1. The largest absolute Gasteiger partial charge is 0.348 e. The third kappa shape index (κ3) is 5.17. The second-order valence-corrected chi connectivity index (χ2v) is 4.76. The third-order valence-corrected chi connectivity index (χ3v) is 3.22. The van der Waals surface area contributed by atoms with Crippen LogP contribution in [0.4, 0.5) is 0 Å². The first-order valence-corrected chi connectivity index (χ1v) is 6.11. The van der Waals surface area contributed by atoms with Gasteiger partial charge in [-0.3, -0.25) is 4.79 Å². The molecule has 1 fully saturated rings. The molecule has 3 nitrogen and oxygen atoms in total. The average molecular weight is 212 g/mol. The van der Waals surface area contributed by atoms with E-state index in [0.29, 0.717) is 6.54 Å². The fourth-order valence-electron chi connectivity index (χ4n) is 2.17. The van der Waals surface area contributed by atoms with E-state index < -0.39 is 0 Å². The number of carbonyl (C=O) groups is 1. The maximum absolute atomic E-state index is 11.2. The maximum Gasteiger partial charge on any atom is 0.236 e. The molecule has 0 heterocycles. The van der Waals surface area contributed by atoms with Crippen LogP contribution in [0.2, 0.25) is 0 Å². The first-order valence-electron chi connectivity index (χ1n) is 6.11.